The number of hydrogen-bond donors (Lipinski definition) is 1. The van der Waals surface area contributed by atoms with Crippen molar-refractivity contribution in [3.8, 4) is 22.9 Å². The molecule has 5 aliphatic rings. The number of nitrogens with zero attached hydrogens (tertiary/aromatic N) is 4. The number of methoxy groups -OCH3 is 1. The van der Waals surface area contributed by atoms with Crippen LogP contribution in [0.1, 0.15) is 66.7 Å². The van der Waals surface area contributed by atoms with Gasteiger partial charge in [0.25, 0.3) is 0 Å². The molecule has 5 heterocycles. The predicted molar refractivity (Wildman–Crippen MR) is 204 cm³/mol. The van der Waals surface area contributed by atoms with Gasteiger partial charge in [-0.05, 0) is 74.4 Å². The van der Waals surface area contributed by atoms with E-state index in [1.54, 1.807) is 30.3 Å². The summed E-state index contributed by atoms with van der Waals surface area (Å²) in [5, 5.41) is 15.4. The van der Waals surface area contributed by atoms with Gasteiger partial charge in [0, 0.05) is 71.2 Å². The smallest absolute Gasteiger partial charge is 0.226 e. The van der Waals surface area contributed by atoms with E-state index in [1.165, 1.54) is 13.2 Å². The molecule has 3 aromatic carbocycles. The van der Waals surface area contributed by atoms with Crippen LogP contribution in [0, 0.1) is 41.7 Å². The number of nitriles is 1. The summed E-state index contributed by atoms with van der Waals surface area (Å²) < 4.78 is 46.3. The Labute approximate surface area is 321 Å². The summed E-state index contributed by atoms with van der Waals surface area (Å²) in [4.78, 5) is 20.9. The normalized spacial score (nSPS) is 23.3. The van der Waals surface area contributed by atoms with Crippen molar-refractivity contribution in [1.82, 2.24) is 19.8 Å². The molecule has 3 aliphatic heterocycles. The van der Waals surface area contributed by atoms with E-state index in [9.17, 15) is 14.4 Å². The molecule has 5 aromatic rings. The van der Waals surface area contributed by atoms with Crippen molar-refractivity contribution in [1.29, 1.82) is 5.26 Å². The first kappa shape index (κ1) is 35.4. The summed E-state index contributed by atoms with van der Waals surface area (Å²) in [5.74, 6) is -0.0406. The molecule has 3 saturated heterocycles. The average molecular weight is 771 g/mol. The summed E-state index contributed by atoms with van der Waals surface area (Å²) in [5.41, 5.74) is 4.46. The second-order valence-electron chi connectivity index (χ2n) is 15.2. The van der Waals surface area contributed by atoms with Crippen molar-refractivity contribution < 1.29 is 23.0 Å². The number of carbonyl (C=O) groups excluding carboxylic acids is 1. The number of rotatable bonds is 10. The summed E-state index contributed by atoms with van der Waals surface area (Å²) in [6, 6.07) is 16.2. The second kappa shape index (κ2) is 13.8. The van der Waals surface area contributed by atoms with Crippen LogP contribution in [0.2, 0.25) is 10.0 Å². The molecule has 2 aromatic heterocycles. The zero-order valence-corrected chi connectivity index (χ0v) is 31.5. The van der Waals surface area contributed by atoms with E-state index in [-0.39, 0.29) is 59.6 Å². The van der Waals surface area contributed by atoms with Gasteiger partial charge in [-0.3, -0.25) is 4.79 Å². The number of aromatic nitrogens is 2. The van der Waals surface area contributed by atoms with E-state index >= 15 is 4.39 Å². The number of pyridine rings is 1. The molecule has 54 heavy (non-hydrogen) atoms. The molecule has 278 valence electrons. The minimum absolute atomic E-state index is 0.00969. The van der Waals surface area contributed by atoms with Crippen molar-refractivity contribution >= 4 is 50.9 Å². The van der Waals surface area contributed by atoms with Crippen LogP contribution in [-0.4, -0.2) is 52.7 Å². The third-order valence-corrected chi connectivity index (χ3v) is 12.8. The molecule has 5 atom stereocenters. The zero-order valence-electron chi connectivity index (χ0n) is 30.0. The Balaban J connectivity index is 1.22. The Morgan fingerprint density at radius 3 is 2.65 bits per heavy atom. The van der Waals surface area contributed by atoms with Crippen molar-refractivity contribution in [3.63, 3.8) is 0 Å². The zero-order chi connectivity index (χ0) is 37.4. The maximum absolute atomic E-state index is 17.2. The second-order valence-corrected chi connectivity index (χ2v) is 15.9. The van der Waals surface area contributed by atoms with E-state index in [2.05, 4.69) is 22.0 Å². The Kier molecular flexibility index (Phi) is 9.05. The van der Waals surface area contributed by atoms with Gasteiger partial charge >= 0.3 is 0 Å². The van der Waals surface area contributed by atoms with Crippen LogP contribution in [0.15, 0.2) is 48.5 Å². The molecular formula is C42H39Cl2F2N5O3. The number of fused-ring (bicyclic) bond motifs is 4. The largest absolute Gasteiger partial charge is 0.496 e. The molecular weight excluding hydrogens is 731 g/mol. The number of benzene rings is 3. The van der Waals surface area contributed by atoms with Gasteiger partial charge in [-0.2, -0.15) is 5.26 Å². The first-order chi connectivity index (χ1) is 26.2. The van der Waals surface area contributed by atoms with Crippen molar-refractivity contribution in [2.75, 3.05) is 20.2 Å². The summed E-state index contributed by atoms with van der Waals surface area (Å²) >= 11 is 13.1. The minimum Gasteiger partial charge on any atom is -0.496 e. The number of aryl methyl sites for hydroxylation is 2. The van der Waals surface area contributed by atoms with E-state index in [4.69, 9.17) is 37.7 Å². The first-order valence-electron chi connectivity index (χ1n) is 18.6. The molecule has 2 aliphatic carbocycles. The van der Waals surface area contributed by atoms with E-state index < -0.39 is 11.6 Å². The summed E-state index contributed by atoms with van der Waals surface area (Å²) in [6.07, 6.45) is 3.41. The maximum atomic E-state index is 17.2. The van der Waals surface area contributed by atoms with Crippen LogP contribution in [-0.2, 0) is 22.6 Å². The lowest BCUT2D eigenvalue weighted by molar-refractivity contribution is -0.134. The topological polar surface area (TPSA) is 92.4 Å². The summed E-state index contributed by atoms with van der Waals surface area (Å²) in [7, 11) is 1.51. The van der Waals surface area contributed by atoms with Crippen LogP contribution in [0.3, 0.4) is 0 Å². The number of nitrogens with one attached hydrogen (secondary N) is 1. The highest BCUT2D eigenvalue weighted by atomic mass is 35.5. The highest BCUT2D eigenvalue weighted by Gasteiger charge is 2.51. The Morgan fingerprint density at radius 2 is 1.93 bits per heavy atom. The van der Waals surface area contributed by atoms with E-state index in [1.807, 2.05) is 17.9 Å². The highest BCUT2D eigenvalue weighted by molar-refractivity contribution is 6.43. The third kappa shape index (κ3) is 5.74. The molecule has 0 radical (unpaired) electrons. The lowest BCUT2D eigenvalue weighted by atomic mass is 9.79. The van der Waals surface area contributed by atoms with Crippen molar-refractivity contribution in [2.24, 2.45) is 11.8 Å². The van der Waals surface area contributed by atoms with Crippen LogP contribution in [0.4, 0.5) is 8.78 Å². The molecule has 12 heteroatoms. The SMILES string of the molecule is COc1cccc(F)c1CO[C@H]1C[C@H](c2cc3c(C)nc4c(F)c(-c5cccc(Cl)c5Cl)c(CCC#N)cc4c3n2[C@H]2[C@H]3CN[C@@H]2C3)N(C(=O)C2CC2)C1. The van der Waals surface area contributed by atoms with Gasteiger partial charge in [-0.1, -0.05) is 41.4 Å². The van der Waals surface area contributed by atoms with Gasteiger partial charge in [-0.15, -0.1) is 0 Å². The standard InChI is InChI=1S/C42H39Cl2F2N5O3/c1-21-27-17-34(33-16-25(19-50(33)42(52)22-11-12-22)54-20-29-31(45)9-4-10-35(29)53-2)51(40-24-15-32(40)48-18-24)41(27)28-14-23(6-5-13-47)36(38(46)39(28)49-21)26-7-3-8-30(43)37(26)44/h3-4,7-10,14,17,22,24-25,32-33,40,48H,5-6,11-12,15-16,18-20H2,1-2H3/t24-,25+,32-,33-,40+/m1/s1. The third-order valence-electron chi connectivity index (χ3n) is 12.0. The number of ether oxygens (including phenoxy) is 2. The predicted octanol–water partition coefficient (Wildman–Crippen LogP) is 9.02. The van der Waals surface area contributed by atoms with Gasteiger partial charge in [0.1, 0.15) is 17.1 Å². The van der Waals surface area contributed by atoms with Gasteiger partial charge < -0.3 is 24.3 Å². The highest BCUT2D eigenvalue weighted by Crippen LogP contribution is 2.51. The van der Waals surface area contributed by atoms with E-state index in [0.717, 1.165) is 42.4 Å². The molecule has 10 rings (SSSR count). The van der Waals surface area contributed by atoms with E-state index in [0.29, 0.717) is 69.4 Å². The van der Waals surface area contributed by atoms with Crippen molar-refractivity contribution in [2.45, 2.75) is 76.3 Å². The van der Waals surface area contributed by atoms with Gasteiger partial charge in [0.05, 0.1) is 59.1 Å². The molecule has 2 bridgehead atoms. The van der Waals surface area contributed by atoms with Crippen LogP contribution >= 0.6 is 23.2 Å². The number of hydrogen-bond acceptors (Lipinski definition) is 6. The fourth-order valence-electron chi connectivity index (χ4n) is 9.18. The lowest BCUT2D eigenvalue weighted by Crippen LogP contribution is -2.41. The number of halogens is 4. The van der Waals surface area contributed by atoms with Crippen LogP contribution < -0.4 is 10.1 Å². The number of carbonyl (C=O) groups is 1. The van der Waals surface area contributed by atoms with Crippen LogP contribution in [0.5, 0.6) is 5.75 Å². The first-order valence-corrected chi connectivity index (χ1v) is 19.4. The molecule has 1 amide bonds. The molecule has 0 spiro atoms. The van der Waals surface area contributed by atoms with Gasteiger partial charge in [0.15, 0.2) is 5.82 Å². The van der Waals surface area contributed by atoms with Crippen LogP contribution in [0.25, 0.3) is 32.9 Å². The number of likely N-dealkylation sites (tertiary alicyclic amines) is 1. The molecule has 8 nitrogen and oxygen atoms in total. The minimum atomic E-state index is -0.512. The van der Waals surface area contributed by atoms with Gasteiger partial charge in [-0.25, -0.2) is 13.8 Å². The number of amides is 1. The molecule has 2 saturated carbocycles. The van der Waals surface area contributed by atoms with Crippen molar-refractivity contribution in [3.05, 3.63) is 92.7 Å². The Bertz CT molecular complexity index is 2380. The fourth-order valence-corrected chi connectivity index (χ4v) is 9.57. The molecule has 5 fully saturated rings. The lowest BCUT2D eigenvalue weighted by Gasteiger charge is -2.39. The Morgan fingerprint density at radius 1 is 1.11 bits per heavy atom. The maximum Gasteiger partial charge on any atom is 0.226 e. The monoisotopic (exact) mass is 769 g/mol. The fraction of sp³-hybridized carbons (Fsp3) is 0.405. The molecule has 0 unspecified atom stereocenters. The summed E-state index contributed by atoms with van der Waals surface area (Å²) in [6.45, 7) is 3.16. The molecule has 1 N–H and O–H groups in total. The quantitative estimate of drug-likeness (QED) is 0.153. The van der Waals surface area contributed by atoms with Gasteiger partial charge in [0.2, 0.25) is 5.91 Å². The average Bonchev–Trinajstić information content (AvgIpc) is 3.45. The Hall–Kier alpha value is -4.27.